The lowest BCUT2D eigenvalue weighted by Gasteiger charge is -2.22. The number of hydrogen-bond acceptors (Lipinski definition) is 3. The molecule has 0 fully saturated rings. The van der Waals surface area contributed by atoms with Crippen LogP contribution in [0.25, 0.3) is 0 Å². The maximum Gasteiger partial charge on any atom is 0.254 e. The SMILES string of the molecule is CCOCCN(CCOCC)C(=O)c1cccc(Br)c1. The van der Waals surface area contributed by atoms with E-state index in [4.69, 9.17) is 9.47 Å². The number of halogens is 1. The Morgan fingerprint density at radius 1 is 1.15 bits per heavy atom. The van der Waals surface area contributed by atoms with Crippen LogP contribution in [-0.2, 0) is 9.47 Å². The number of nitrogens with zero attached hydrogens (tertiary/aromatic N) is 1. The van der Waals surface area contributed by atoms with Gasteiger partial charge < -0.3 is 14.4 Å². The van der Waals surface area contributed by atoms with E-state index in [2.05, 4.69) is 15.9 Å². The quantitative estimate of drug-likeness (QED) is 0.647. The highest BCUT2D eigenvalue weighted by atomic mass is 79.9. The first-order valence-electron chi connectivity index (χ1n) is 6.89. The van der Waals surface area contributed by atoms with Crippen LogP contribution in [0.1, 0.15) is 24.2 Å². The molecule has 1 aromatic rings. The van der Waals surface area contributed by atoms with Crippen molar-refractivity contribution < 1.29 is 14.3 Å². The maximum atomic E-state index is 12.5. The van der Waals surface area contributed by atoms with E-state index in [1.807, 2.05) is 38.1 Å². The van der Waals surface area contributed by atoms with Crippen molar-refractivity contribution in [3.05, 3.63) is 34.3 Å². The molecule has 1 rings (SSSR count). The molecule has 0 heterocycles. The molecule has 0 aliphatic carbocycles. The van der Waals surface area contributed by atoms with Crippen molar-refractivity contribution in [1.82, 2.24) is 4.90 Å². The largest absolute Gasteiger partial charge is 0.380 e. The van der Waals surface area contributed by atoms with Gasteiger partial charge in [-0.3, -0.25) is 4.79 Å². The third kappa shape index (κ3) is 6.03. The van der Waals surface area contributed by atoms with Gasteiger partial charge >= 0.3 is 0 Å². The summed E-state index contributed by atoms with van der Waals surface area (Å²) in [5.41, 5.74) is 0.673. The van der Waals surface area contributed by atoms with Crippen LogP contribution in [0, 0.1) is 0 Å². The summed E-state index contributed by atoms with van der Waals surface area (Å²) in [7, 11) is 0. The molecule has 0 saturated heterocycles. The third-order valence-corrected chi connectivity index (χ3v) is 3.27. The van der Waals surface area contributed by atoms with Gasteiger partial charge in [-0.1, -0.05) is 22.0 Å². The molecule has 5 heteroatoms. The van der Waals surface area contributed by atoms with Crippen LogP contribution < -0.4 is 0 Å². The molecule has 0 saturated carbocycles. The summed E-state index contributed by atoms with van der Waals surface area (Å²) in [5, 5.41) is 0. The molecule has 0 aliphatic rings. The zero-order valence-electron chi connectivity index (χ0n) is 12.1. The highest BCUT2D eigenvalue weighted by molar-refractivity contribution is 9.10. The smallest absolute Gasteiger partial charge is 0.254 e. The molecule has 1 amide bonds. The highest BCUT2D eigenvalue weighted by Crippen LogP contribution is 2.13. The lowest BCUT2D eigenvalue weighted by Crippen LogP contribution is -2.36. The average molecular weight is 344 g/mol. The summed E-state index contributed by atoms with van der Waals surface area (Å²) < 4.78 is 11.6. The summed E-state index contributed by atoms with van der Waals surface area (Å²) >= 11 is 3.39. The van der Waals surface area contributed by atoms with Gasteiger partial charge in [0.15, 0.2) is 0 Å². The normalized spacial score (nSPS) is 10.6. The van der Waals surface area contributed by atoms with E-state index >= 15 is 0 Å². The van der Waals surface area contributed by atoms with Crippen molar-refractivity contribution in [2.45, 2.75) is 13.8 Å². The van der Waals surface area contributed by atoms with E-state index in [0.29, 0.717) is 45.1 Å². The Morgan fingerprint density at radius 3 is 2.25 bits per heavy atom. The molecule has 112 valence electrons. The predicted octanol–water partition coefficient (Wildman–Crippen LogP) is 2.96. The van der Waals surface area contributed by atoms with Crippen LogP contribution in [0.5, 0.6) is 0 Å². The van der Waals surface area contributed by atoms with Gasteiger partial charge in [-0.2, -0.15) is 0 Å². The molecule has 0 aromatic heterocycles. The van der Waals surface area contributed by atoms with Gasteiger partial charge in [-0.25, -0.2) is 0 Å². The average Bonchev–Trinajstić information content (AvgIpc) is 2.45. The Balaban J connectivity index is 2.66. The van der Waals surface area contributed by atoms with E-state index in [1.54, 1.807) is 4.90 Å². The van der Waals surface area contributed by atoms with Gasteiger partial charge in [0.2, 0.25) is 0 Å². The fraction of sp³-hybridized carbons (Fsp3) is 0.533. The van der Waals surface area contributed by atoms with Crippen LogP contribution in [0.4, 0.5) is 0 Å². The number of amides is 1. The molecule has 0 unspecified atom stereocenters. The number of carbonyl (C=O) groups excluding carboxylic acids is 1. The summed E-state index contributed by atoms with van der Waals surface area (Å²) in [4.78, 5) is 14.3. The van der Waals surface area contributed by atoms with Crippen LogP contribution in [0.3, 0.4) is 0 Å². The molecule has 20 heavy (non-hydrogen) atoms. The second kappa shape index (κ2) is 9.91. The van der Waals surface area contributed by atoms with E-state index in [9.17, 15) is 4.79 Å². The minimum absolute atomic E-state index is 0.00528. The van der Waals surface area contributed by atoms with Crippen LogP contribution in [-0.4, -0.2) is 50.3 Å². The molecule has 0 spiro atoms. The maximum absolute atomic E-state index is 12.5. The number of ether oxygens (including phenoxy) is 2. The third-order valence-electron chi connectivity index (χ3n) is 2.78. The molecular formula is C15H22BrNO3. The lowest BCUT2D eigenvalue weighted by atomic mass is 10.2. The Morgan fingerprint density at radius 2 is 1.75 bits per heavy atom. The van der Waals surface area contributed by atoms with E-state index in [0.717, 1.165) is 4.47 Å². The molecule has 0 N–H and O–H groups in total. The Labute approximate surface area is 129 Å². The molecule has 0 bridgehead atoms. The Kier molecular flexibility index (Phi) is 8.49. The summed E-state index contributed by atoms with van der Waals surface area (Å²) in [5.74, 6) is 0.00528. The van der Waals surface area contributed by atoms with E-state index in [1.165, 1.54) is 0 Å². The number of benzene rings is 1. The predicted molar refractivity (Wildman–Crippen MR) is 83.0 cm³/mol. The number of rotatable bonds is 9. The summed E-state index contributed by atoms with van der Waals surface area (Å²) in [6, 6.07) is 7.42. The van der Waals surface area contributed by atoms with Crippen LogP contribution in [0.15, 0.2) is 28.7 Å². The minimum Gasteiger partial charge on any atom is -0.380 e. The fourth-order valence-electron chi connectivity index (χ4n) is 1.76. The minimum atomic E-state index is 0.00528. The first kappa shape index (κ1) is 17.1. The zero-order valence-corrected chi connectivity index (χ0v) is 13.7. The first-order chi connectivity index (χ1) is 9.69. The molecular weight excluding hydrogens is 322 g/mol. The van der Waals surface area contributed by atoms with Gasteiger partial charge in [0.05, 0.1) is 13.2 Å². The molecule has 0 atom stereocenters. The van der Waals surface area contributed by atoms with Gasteiger partial charge in [0.1, 0.15) is 0 Å². The van der Waals surface area contributed by atoms with Gasteiger partial charge in [-0.05, 0) is 32.0 Å². The van der Waals surface area contributed by atoms with Crippen LogP contribution >= 0.6 is 15.9 Å². The highest BCUT2D eigenvalue weighted by Gasteiger charge is 2.15. The number of carbonyl (C=O) groups is 1. The monoisotopic (exact) mass is 343 g/mol. The fourth-order valence-corrected chi connectivity index (χ4v) is 2.16. The number of hydrogen-bond donors (Lipinski definition) is 0. The summed E-state index contributed by atoms with van der Waals surface area (Å²) in [6.07, 6.45) is 0. The second-order valence-corrected chi connectivity index (χ2v) is 5.11. The van der Waals surface area contributed by atoms with E-state index < -0.39 is 0 Å². The van der Waals surface area contributed by atoms with Crippen LogP contribution in [0.2, 0.25) is 0 Å². The van der Waals surface area contributed by atoms with Crippen molar-refractivity contribution in [3.63, 3.8) is 0 Å². The molecule has 4 nitrogen and oxygen atoms in total. The molecule has 1 aromatic carbocycles. The first-order valence-corrected chi connectivity index (χ1v) is 7.68. The lowest BCUT2D eigenvalue weighted by molar-refractivity contribution is 0.0550. The van der Waals surface area contributed by atoms with Crippen molar-refractivity contribution in [1.29, 1.82) is 0 Å². The standard InChI is InChI=1S/C15H22BrNO3/c1-3-19-10-8-17(9-11-20-4-2)15(18)13-6-5-7-14(16)12-13/h5-7,12H,3-4,8-11H2,1-2H3. The Bertz CT molecular complexity index is 402. The molecule has 0 radical (unpaired) electrons. The van der Waals surface area contributed by atoms with Gasteiger partial charge in [0.25, 0.3) is 5.91 Å². The van der Waals surface area contributed by atoms with Crippen molar-refractivity contribution >= 4 is 21.8 Å². The summed E-state index contributed by atoms with van der Waals surface area (Å²) in [6.45, 7) is 7.44. The Hall–Kier alpha value is -0.910. The van der Waals surface area contributed by atoms with E-state index in [-0.39, 0.29) is 5.91 Å². The van der Waals surface area contributed by atoms with Gasteiger partial charge in [0, 0.05) is 36.3 Å². The van der Waals surface area contributed by atoms with Crippen molar-refractivity contribution in [3.8, 4) is 0 Å². The second-order valence-electron chi connectivity index (χ2n) is 4.20. The van der Waals surface area contributed by atoms with Crippen molar-refractivity contribution in [2.75, 3.05) is 39.5 Å². The van der Waals surface area contributed by atoms with Crippen molar-refractivity contribution in [2.24, 2.45) is 0 Å². The zero-order chi connectivity index (χ0) is 14.8. The van der Waals surface area contributed by atoms with Gasteiger partial charge in [-0.15, -0.1) is 0 Å². The molecule has 0 aliphatic heterocycles. The topological polar surface area (TPSA) is 38.8 Å².